The number of nitrogens with zero attached hydrogens (tertiary/aromatic N) is 2. The summed E-state index contributed by atoms with van der Waals surface area (Å²) in [6, 6.07) is 12.7. The topological polar surface area (TPSA) is 98.8 Å². The SMILES string of the molecule is Cc1ccc2c(c1)C(=O)N(CCCC(=O)NC(C)CC(=O)Nc1cccc(N3CCCC3)c1)C2=O. The molecule has 0 saturated carbocycles. The maximum atomic E-state index is 12.5. The highest BCUT2D eigenvalue weighted by Gasteiger charge is 2.35. The average Bonchev–Trinajstić information content (AvgIpc) is 3.42. The third kappa shape index (κ3) is 5.88. The molecule has 2 aromatic rings. The molecule has 0 spiro atoms. The molecule has 35 heavy (non-hydrogen) atoms. The van der Waals surface area contributed by atoms with E-state index in [2.05, 4.69) is 15.5 Å². The molecule has 2 aromatic carbocycles. The summed E-state index contributed by atoms with van der Waals surface area (Å²) in [5.41, 5.74) is 3.60. The summed E-state index contributed by atoms with van der Waals surface area (Å²) in [5, 5.41) is 5.74. The van der Waals surface area contributed by atoms with Crippen LogP contribution in [0.3, 0.4) is 0 Å². The van der Waals surface area contributed by atoms with Gasteiger partial charge in [-0.05, 0) is 63.4 Å². The van der Waals surface area contributed by atoms with Gasteiger partial charge in [-0.15, -0.1) is 0 Å². The number of hydrogen-bond acceptors (Lipinski definition) is 5. The van der Waals surface area contributed by atoms with E-state index in [1.807, 2.05) is 37.3 Å². The fraction of sp³-hybridized carbons (Fsp3) is 0.407. The minimum Gasteiger partial charge on any atom is -0.371 e. The van der Waals surface area contributed by atoms with E-state index < -0.39 is 0 Å². The van der Waals surface area contributed by atoms with Gasteiger partial charge in [0.15, 0.2) is 0 Å². The van der Waals surface area contributed by atoms with Gasteiger partial charge in [0.25, 0.3) is 11.8 Å². The molecule has 1 saturated heterocycles. The highest BCUT2D eigenvalue weighted by molar-refractivity contribution is 6.21. The van der Waals surface area contributed by atoms with Gasteiger partial charge < -0.3 is 15.5 Å². The first kappa shape index (κ1) is 24.4. The maximum absolute atomic E-state index is 12.5. The molecule has 2 aliphatic heterocycles. The van der Waals surface area contributed by atoms with Crippen LogP contribution >= 0.6 is 0 Å². The third-order valence-corrected chi connectivity index (χ3v) is 6.41. The van der Waals surface area contributed by atoms with Crippen LogP contribution in [0.4, 0.5) is 11.4 Å². The summed E-state index contributed by atoms with van der Waals surface area (Å²) in [6.45, 7) is 5.91. The summed E-state index contributed by atoms with van der Waals surface area (Å²) >= 11 is 0. The second-order valence-electron chi connectivity index (χ2n) is 9.38. The molecule has 1 unspecified atom stereocenters. The Hall–Kier alpha value is -3.68. The second-order valence-corrected chi connectivity index (χ2v) is 9.38. The Labute approximate surface area is 205 Å². The summed E-state index contributed by atoms with van der Waals surface area (Å²) in [5.74, 6) is -1.01. The Kier molecular flexibility index (Phi) is 7.48. The van der Waals surface area contributed by atoms with Crippen molar-refractivity contribution >= 4 is 35.0 Å². The number of carbonyl (C=O) groups excluding carboxylic acids is 4. The lowest BCUT2D eigenvalue weighted by atomic mass is 10.1. The first-order valence-corrected chi connectivity index (χ1v) is 12.2. The minimum absolute atomic E-state index is 0.150. The molecule has 4 rings (SSSR count). The van der Waals surface area contributed by atoms with Gasteiger partial charge in [0, 0.05) is 49.9 Å². The molecule has 8 heteroatoms. The minimum atomic E-state index is -0.341. The first-order chi connectivity index (χ1) is 16.8. The Morgan fingerprint density at radius 2 is 1.71 bits per heavy atom. The normalized spacial score (nSPS) is 15.8. The first-order valence-electron chi connectivity index (χ1n) is 12.2. The van der Waals surface area contributed by atoms with Crippen LogP contribution in [0.25, 0.3) is 0 Å². The van der Waals surface area contributed by atoms with Crippen LogP contribution in [-0.2, 0) is 9.59 Å². The van der Waals surface area contributed by atoms with Crippen molar-refractivity contribution in [3.05, 3.63) is 59.2 Å². The number of carbonyl (C=O) groups is 4. The summed E-state index contributed by atoms with van der Waals surface area (Å²) < 4.78 is 0. The van der Waals surface area contributed by atoms with E-state index in [0.29, 0.717) is 17.5 Å². The molecule has 0 aliphatic carbocycles. The van der Waals surface area contributed by atoms with E-state index in [1.54, 1.807) is 19.1 Å². The van der Waals surface area contributed by atoms with E-state index in [0.717, 1.165) is 30.0 Å². The lowest BCUT2D eigenvalue weighted by Gasteiger charge is -2.19. The monoisotopic (exact) mass is 476 g/mol. The number of aryl methyl sites for hydroxylation is 1. The van der Waals surface area contributed by atoms with Gasteiger partial charge in [-0.2, -0.15) is 0 Å². The number of fused-ring (bicyclic) bond motifs is 1. The van der Waals surface area contributed by atoms with Crippen molar-refractivity contribution in [2.75, 3.05) is 29.9 Å². The van der Waals surface area contributed by atoms with Gasteiger partial charge in [-0.25, -0.2) is 0 Å². The van der Waals surface area contributed by atoms with Gasteiger partial charge in [0.1, 0.15) is 0 Å². The van der Waals surface area contributed by atoms with Crippen molar-refractivity contribution in [2.24, 2.45) is 0 Å². The largest absolute Gasteiger partial charge is 0.371 e. The quantitative estimate of drug-likeness (QED) is 0.540. The molecule has 1 atom stereocenters. The average molecular weight is 477 g/mol. The number of imide groups is 1. The van der Waals surface area contributed by atoms with Gasteiger partial charge in [-0.3, -0.25) is 24.1 Å². The van der Waals surface area contributed by atoms with Crippen molar-refractivity contribution in [3.8, 4) is 0 Å². The van der Waals surface area contributed by atoms with Crippen LogP contribution in [0.15, 0.2) is 42.5 Å². The molecular weight excluding hydrogens is 444 g/mol. The molecule has 2 N–H and O–H groups in total. The molecule has 0 aromatic heterocycles. The Morgan fingerprint density at radius 3 is 2.49 bits per heavy atom. The van der Waals surface area contributed by atoms with E-state index in [1.165, 1.54) is 17.7 Å². The van der Waals surface area contributed by atoms with Crippen LogP contribution in [0.2, 0.25) is 0 Å². The Bertz CT molecular complexity index is 1140. The number of benzene rings is 2. The number of hydrogen-bond donors (Lipinski definition) is 2. The van der Waals surface area contributed by atoms with Gasteiger partial charge in [0.05, 0.1) is 11.1 Å². The standard InChI is InChI=1S/C27H32N4O4/c1-18-10-11-22-23(15-18)27(35)31(26(22)34)14-6-9-24(32)28-19(2)16-25(33)29-20-7-5-8-21(17-20)30-12-3-4-13-30/h5,7-8,10-11,15,17,19H,3-4,6,9,12-14,16H2,1-2H3,(H,28,32)(H,29,33). The molecule has 2 heterocycles. The van der Waals surface area contributed by atoms with Crippen molar-refractivity contribution in [3.63, 3.8) is 0 Å². The van der Waals surface area contributed by atoms with Gasteiger partial charge in [-0.1, -0.05) is 17.7 Å². The summed E-state index contributed by atoms with van der Waals surface area (Å²) in [7, 11) is 0. The number of amides is 4. The van der Waals surface area contributed by atoms with E-state index in [-0.39, 0.29) is 49.1 Å². The third-order valence-electron chi connectivity index (χ3n) is 6.41. The second kappa shape index (κ2) is 10.7. The molecule has 184 valence electrons. The van der Waals surface area contributed by atoms with Gasteiger partial charge in [0.2, 0.25) is 11.8 Å². The molecular formula is C27H32N4O4. The van der Waals surface area contributed by atoms with E-state index in [9.17, 15) is 19.2 Å². The predicted molar refractivity (Wildman–Crippen MR) is 135 cm³/mol. The Balaban J connectivity index is 1.19. The fourth-order valence-corrected chi connectivity index (χ4v) is 4.65. The van der Waals surface area contributed by atoms with Crippen molar-refractivity contribution in [1.29, 1.82) is 0 Å². The van der Waals surface area contributed by atoms with Crippen LogP contribution in [0.1, 0.15) is 65.3 Å². The molecule has 8 nitrogen and oxygen atoms in total. The maximum Gasteiger partial charge on any atom is 0.261 e. The van der Waals surface area contributed by atoms with Crippen LogP contribution < -0.4 is 15.5 Å². The summed E-state index contributed by atoms with van der Waals surface area (Å²) in [4.78, 5) is 53.4. The van der Waals surface area contributed by atoms with Crippen LogP contribution in [0, 0.1) is 6.92 Å². The lowest BCUT2D eigenvalue weighted by molar-refractivity contribution is -0.122. The molecule has 0 radical (unpaired) electrons. The van der Waals surface area contributed by atoms with Crippen molar-refractivity contribution < 1.29 is 19.2 Å². The highest BCUT2D eigenvalue weighted by atomic mass is 16.2. The van der Waals surface area contributed by atoms with E-state index >= 15 is 0 Å². The molecule has 0 bridgehead atoms. The van der Waals surface area contributed by atoms with Crippen LogP contribution in [-0.4, -0.2) is 54.2 Å². The zero-order valence-corrected chi connectivity index (χ0v) is 20.3. The fourth-order valence-electron chi connectivity index (χ4n) is 4.65. The number of nitrogens with one attached hydrogen (secondary N) is 2. The highest BCUT2D eigenvalue weighted by Crippen LogP contribution is 2.25. The smallest absolute Gasteiger partial charge is 0.261 e. The number of rotatable bonds is 9. The van der Waals surface area contributed by atoms with Crippen LogP contribution in [0.5, 0.6) is 0 Å². The summed E-state index contributed by atoms with van der Waals surface area (Å²) in [6.07, 6.45) is 3.05. The van der Waals surface area contributed by atoms with Crippen molar-refractivity contribution in [1.82, 2.24) is 10.2 Å². The Morgan fingerprint density at radius 1 is 0.971 bits per heavy atom. The number of anilines is 2. The molecule has 1 fully saturated rings. The molecule has 2 aliphatic rings. The molecule has 4 amide bonds. The lowest BCUT2D eigenvalue weighted by Crippen LogP contribution is -2.36. The predicted octanol–water partition coefficient (Wildman–Crippen LogP) is 3.50. The zero-order valence-electron chi connectivity index (χ0n) is 20.3. The van der Waals surface area contributed by atoms with Crippen molar-refractivity contribution in [2.45, 2.75) is 52.0 Å². The van der Waals surface area contributed by atoms with E-state index in [4.69, 9.17) is 0 Å². The zero-order chi connectivity index (χ0) is 24.9. The van der Waals surface area contributed by atoms with Gasteiger partial charge >= 0.3 is 0 Å².